The summed E-state index contributed by atoms with van der Waals surface area (Å²) in [6.07, 6.45) is 0.330. The second-order valence-corrected chi connectivity index (χ2v) is 5.00. The molecule has 0 aliphatic heterocycles. The van der Waals surface area contributed by atoms with Gasteiger partial charge < -0.3 is 0 Å². The van der Waals surface area contributed by atoms with Crippen molar-refractivity contribution in [2.45, 2.75) is 13.3 Å². The van der Waals surface area contributed by atoms with Gasteiger partial charge in [-0.05, 0) is 52.2 Å². The first-order valence-corrected chi connectivity index (χ1v) is 6.40. The molecule has 0 bridgehead atoms. The summed E-state index contributed by atoms with van der Waals surface area (Å²) in [5.74, 6) is -0.370. The van der Waals surface area contributed by atoms with E-state index in [0.29, 0.717) is 16.5 Å². The van der Waals surface area contributed by atoms with E-state index in [1.165, 1.54) is 18.2 Å². The van der Waals surface area contributed by atoms with Gasteiger partial charge in [0.15, 0.2) is 5.78 Å². The fourth-order valence-electron chi connectivity index (χ4n) is 1.79. The predicted molar refractivity (Wildman–Crippen MR) is 73.3 cm³/mol. The molecule has 18 heavy (non-hydrogen) atoms. The molecule has 0 atom stereocenters. The highest BCUT2D eigenvalue weighted by molar-refractivity contribution is 9.10. The Balaban J connectivity index is 2.25. The molecule has 3 heteroatoms. The van der Waals surface area contributed by atoms with Gasteiger partial charge in [-0.25, -0.2) is 4.39 Å². The lowest BCUT2D eigenvalue weighted by Crippen LogP contribution is -2.05. The molecule has 0 saturated heterocycles. The number of aryl methyl sites for hydroxylation is 1. The molecule has 92 valence electrons. The minimum Gasteiger partial charge on any atom is -0.294 e. The van der Waals surface area contributed by atoms with E-state index < -0.39 is 0 Å². The monoisotopic (exact) mass is 306 g/mol. The van der Waals surface area contributed by atoms with Gasteiger partial charge in [-0.2, -0.15) is 0 Å². The molecule has 2 aromatic rings. The fourth-order valence-corrected chi connectivity index (χ4v) is 2.36. The zero-order chi connectivity index (χ0) is 13.1. The van der Waals surface area contributed by atoms with Gasteiger partial charge in [0.2, 0.25) is 0 Å². The van der Waals surface area contributed by atoms with Crippen molar-refractivity contribution in [1.82, 2.24) is 0 Å². The molecule has 0 spiro atoms. The van der Waals surface area contributed by atoms with Gasteiger partial charge in [0.25, 0.3) is 0 Å². The molecule has 1 nitrogen and oxygen atoms in total. The van der Waals surface area contributed by atoms with E-state index in [-0.39, 0.29) is 11.6 Å². The zero-order valence-corrected chi connectivity index (χ0v) is 11.5. The third-order valence-corrected chi connectivity index (χ3v) is 3.50. The molecule has 2 rings (SSSR count). The average Bonchev–Trinajstić information content (AvgIpc) is 2.32. The number of ketones is 1. The van der Waals surface area contributed by atoms with Crippen molar-refractivity contribution >= 4 is 21.7 Å². The van der Waals surface area contributed by atoms with Crippen molar-refractivity contribution in [3.05, 3.63) is 69.4 Å². The van der Waals surface area contributed by atoms with Crippen LogP contribution >= 0.6 is 15.9 Å². The average molecular weight is 307 g/mol. The number of hydrogen-bond donors (Lipinski definition) is 0. The number of carbonyl (C=O) groups is 1. The summed E-state index contributed by atoms with van der Waals surface area (Å²) in [7, 11) is 0. The van der Waals surface area contributed by atoms with Crippen molar-refractivity contribution in [2.75, 3.05) is 0 Å². The summed E-state index contributed by atoms with van der Waals surface area (Å²) in [5.41, 5.74) is 2.60. The Morgan fingerprint density at radius 3 is 2.61 bits per heavy atom. The number of Topliss-reactive ketones (excluding diaryl/α,β-unsaturated/α-hetero) is 1. The van der Waals surface area contributed by atoms with Crippen LogP contribution in [0, 0.1) is 12.7 Å². The van der Waals surface area contributed by atoms with Crippen molar-refractivity contribution in [1.29, 1.82) is 0 Å². The normalized spacial score (nSPS) is 10.4. The number of carbonyl (C=O) groups excluding carboxylic acids is 1. The van der Waals surface area contributed by atoms with Gasteiger partial charge in [0.1, 0.15) is 5.82 Å². The van der Waals surface area contributed by atoms with Crippen LogP contribution in [0.5, 0.6) is 0 Å². The van der Waals surface area contributed by atoms with Crippen LogP contribution < -0.4 is 0 Å². The van der Waals surface area contributed by atoms with E-state index in [9.17, 15) is 9.18 Å². The van der Waals surface area contributed by atoms with Crippen LogP contribution in [0.25, 0.3) is 0 Å². The molecule has 0 unspecified atom stereocenters. The van der Waals surface area contributed by atoms with Crippen LogP contribution in [0.15, 0.2) is 46.9 Å². The molecule has 0 radical (unpaired) electrons. The van der Waals surface area contributed by atoms with E-state index in [1.54, 1.807) is 0 Å². The van der Waals surface area contributed by atoms with Crippen molar-refractivity contribution < 1.29 is 9.18 Å². The number of rotatable bonds is 3. The Morgan fingerprint density at radius 1 is 1.22 bits per heavy atom. The zero-order valence-electron chi connectivity index (χ0n) is 9.91. The van der Waals surface area contributed by atoms with Gasteiger partial charge >= 0.3 is 0 Å². The fraction of sp³-hybridized carbons (Fsp3) is 0.133. The molecule has 0 fully saturated rings. The quantitative estimate of drug-likeness (QED) is 0.772. The van der Waals surface area contributed by atoms with E-state index in [1.807, 2.05) is 31.2 Å². The molecule has 0 heterocycles. The number of benzene rings is 2. The van der Waals surface area contributed by atoms with Crippen LogP contribution in [-0.2, 0) is 6.42 Å². The second-order valence-electron chi connectivity index (χ2n) is 4.15. The minimum absolute atomic E-state index is 0.0174. The lowest BCUT2D eigenvalue weighted by molar-refractivity contribution is 0.0992. The Labute approximate surface area is 114 Å². The van der Waals surface area contributed by atoms with E-state index in [4.69, 9.17) is 0 Å². The number of halogens is 2. The van der Waals surface area contributed by atoms with Crippen LogP contribution in [0.2, 0.25) is 0 Å². The van der Waals surface area contributed by atoms with E-state index in [0.717, 1.165) is 11.1 Å². The largest absolute Gasteiger partial charge is 0.294 e. The molecule has 0 aromatic heterocycles. The SMILES string of the molecule is Cc1ccccc1CC(=O)c1ccc(F)cc1Br. The molecule has 2 aromatic carbocycles. The summed E-state index contributed by atoms with van der Waals surface area (Å²) in [6, 6.07) is 11.9. The third kappa shape index (κ3) is 2.85. The minimum atomic E-state index is -0.352. The van der Waals surface area contributed by atoms with Gasteiger partial charge in [0.05, 0.1) is 0 Å². The van der Waals surface area contributed by atoms with E-state index in [2.05, 4.69) is 15.9 Å². The van der Waals surface area contributed by atoms with Crippen LogP contribution in [0.4, 0.5) is 4.39 Å². The maximum absolute atomic E-state index is 13.0. The summed E-state index contributed by atoms with van der Waals surface area (Å²) in [5, 5.41) is 0. The second kappa shape index (κ2) is 5.44. The Hall–Kier alpha value is -1.48. The van der Waals surface area contributed by atoms with Gasteiger partial charge in [-0.3, -0.25) is 4.79 Å². The first kappa shape index (κ1) is 13.0. The molecule has 0 N–H and O–H groups in total. The van der Waals surface area contributed by atoms with Crippen molar-refractivity contribution in [3.8, 4) is 0 Å². The summed E-state index contributed by atoms with van der Waals surface area (Å²) in [4.78, 5) is 12.1. The van der Waals surface area contributed by atoms with Gasteiger partial charge in [0, 0.05) is 16.5 Å². The highest BCUT2D eigenvalue weighted by Crippen LogP contribution is 2.20. The Morgan fingerprint density at radius 2 is 1.94 bits per heavy atom. The van der Waals surface area contributed by atoms with Crippen molar-refractivity contribution in [2.24, 2.45) is 0 Å². The summed E-state index contributed by atoms with van der Waals surface area (Å²) in [6.45, 7) is 1.97. The number of hydrogen-bond acceptors (Lipinski definition) is 1. The van der Waals surface area contributed by atoms with Crippen LogP contribution in [-0.4, -0.2) is 5.78 Å². The highest BCUT2D eigenvalue weighted by Gasteiger charge is 2.12. The molecule has 0 aliphatic carbocycles. The van der Waals surface area contributed by atoms with Crippen LogP contribution in [0.3, 0.4) is 0 Å². The molecular formula is C15H12BrFO. The molecule has 0 aliphatic rings. The predicted octanol–water partition coefficient (Wildman–Crippen LogP) is 4.32. The standard InChI is InChI=1S/C15H12BrFO/c1-10-4-2-3-5-11(10)8-15(18)13-7-6-12(17)9-14(13)16/h2-7,9H,8H2,1H3. The summed E-state index contributed by atoms with van der Waals surface area (Å²) >= 11 is 3.22. The van der Waals surface area contributed by atoms with Gasteiger partial charge in [-0.1, -0.05) is 24.3 Å². The maximum atomic E-state index is 13.0. The molecule has 0 amide bonds. The first-order chi connectivity index (χ1) is 8.58. The molecule has 0 saturated carbocycles. The summed E-state index contributed by atoms with van der Waals surface area (Å²) < 4.78 is 13.5. The van der Waals surface area contributed by atoms with Crippen LogP contribution in [0.1, 0.15) is 21.5 Å². The van der Waals surface area contributed by atoms with Crippen molar-refractivity contribution in [3.63, 3.8) is 0 Å². The van der Waals surface area contributed by atoms with Gasteiger partial charge in [-0.15, -0.1) is 0 Å². The Bertz CT molecular complexity index is 593. The van der Waals surface area contributed by atoms with E-state index >= 15 is 0 Å². The maximum Gasteiger partial charge on any atom is 0.168 e. The smallest absolute Gasteiger partial charge is 0.168 e. The highest BCUT2D eigenvalue weighted by atomic mass is 79.9. The third-order valence-electron chi connectivity index (χ3n) is 2.84. The first-order valence-electron chi connectivity index (χ1n) is 5.60. The Kier molecular flexibility index (Phi) is 3.92. The lowest BCUT2D eigenvalue weighted by Gasteiger charge is -2.06. The lowest BCUT2D eigenvalue weighted by atomic mass is 9.99. The topological polar surface area (TPSA) is 17.1 Å². The molecular weight excluding hydrogens is 295 g/mol.